The van der Waals surface area contributed by atoms with Crippen molar-refractivity contribution in [3.8, 4) is 0 Å². The zero-order chi connectivity index (χ0) is 17.9. The van der Waals surface area contributed by atoms with Gasteiger partial charge in [-0.2, -0.15) is 0 Å². The van der Waals surface area contributed by atoms with Crippen LogP contribution >= 0.6 is 0 Å². The highest BCUT2D eigenvalue weighted by molar-refractivity contribution is 6.06. The van der Waals surface area contributed by atoms with Crippen molar-refractivity contribution in [2.24, 2.45) is 0 Å². The molecule has 0 spiro atoms. The number of aromatic nitrogens is 1. The summed E-state index contributed by atoms with van der Waals surface area (Å²) in [6.07, 6.45) is 7.65. The third-order valence-electron chi connectivity index (χ3n) is 5.61. The molecule has 1 aromatic carbocycles. The summed E-state index contributed by atoms with van der Waals surface area (Å²) in [5, 5.41) is 4.12. The van der Waals surface area contributed by atoms with Gasteiger partial charge in [0, 0.05) is 49.3 Å². The Morgan fingerprint density at radius 1 is 0.962 bits per heavy atom. The number of amides is 3. The predicted octanol–water partition coefficient (Wildman–Crippen LogP) is 2.97. The number of urea groups is 1. The molecule has 2 aliphatic rings. The summed E-state index contributed by atoms with van der Waals surface area (Å²) >= 11 is 0. The Labute approximate surface area is 153 Å². The van der Waals surface area contributed by atoms with Crippen molar-refractivity contribution in [3.05, 3.63) is 36.0 Å². The minimum absolute atomic E-state index is 0.0242. The Morgan fingerprint density at radius 3 is 2.42 bits per heavy atom. The lowest BCUT2D eigenvalue weighted by Gasteiger charge is -2.36. The van der Waals surface area contributed by atoms with E-state index in [9.17, 15) is 9.59 Å². The van der Waals surface area contributed by atoms with Gasteiger partial charge in [0.1, 0.15) is 0 Å². The van der Waals surface area contributed by atoms with E-state index in [1.54, 1.807) is 6.20 Å². The SMILES string of the molecule is O=C(NC1CCCCC1)N1CCN(C(=O)c2c[nH]c3ccccc23)CC1. The molecule has 4 rings (SSSR count). The highest BCUT2D eigenvalue weighted by Gasteiger charge is 2.27. The standard InChI is InChI=1S/C20H26N4O2/c25-19(17-14-21-18-9-5-4-8-16(17)18)23-10-12-24(13-11-23)20(26)22-15-6-2-1-3-7-15/h4-5,8-9,14-15,21H,1-3,6-7,10-13H2,(H,22,26). The van der Waals surface area contributed by atoms with E-state index < -0.39 is 0 Å². The molecule has 1 aliphatic heterocycles. The molecule has 2 N–H and O–H groups in total. The van der Waals surface area contributed by atoms with Crippen LogP contribution in [0.4, 0.5) is 4.79 Å². The van der Waals surface area contributed by atoms with Crippen molar-refractivity contribution < 1.29 is 9.59 Å². The molecule has 0 unspecified atom stereocenters. The molecular weight excluding hydrogens is 328 g/mol. The van der Waals surface area contributed by atoms with Gasteiger partial charge in [0.15, 0.2) is 0 Å². The Bertz CT molecular complexity index is 786. The number of nitrogens with zero attached hydrogens (tertiary/aromatic N) is 2. The second kappa shape index (κ2) is 7.40. The van der Waals surface area contributed by atoms with Crippen LogP contribution in [0.2, 0.25) is 0 Å². The molecule has 0 radical (unpaired) electrons. The predicted molar refractivity (Wildman–Crippen MR) is 101 cm³/mol. The van der Waals surface area contributed by atoms with Crippen molar-refractivity contribution in [2.75, 3.05) is 26.2 Å². The molecule has 2 heterocycles. The molecule has 1 aliphatic carbocycles. The lowest BCUT2D eigenvalue weighted by atomic mass is 9.96. The minimum Gasteiger partial charge on any atom is -0.360 e. The molecule has 26 heavy (non-hydrogen) atoms. The molecule has 1 saturated carbocycles. The lowest BCUT2D eigenvalue weighted by molar-refractivity contribution is 0.0664. The molecule has 1 aromatic heterocycles. The average molecular weight is 354 g/mol. The van der Waals surface area contributed by atoms with E-state index >= 15 is 0 Å². The summed E-state index contributed by atoms with van der Waals surface area (Å²) in [6, 6.07) is 8.18. The molecule has 6 heteroatoms. The summed E-state index contributed by atoms with van der Waals surface area (Å²) in [5.74, 6) is 0.0368. The monoisotopic (exact) mass is 354 g/mol. The van der Waals surface area contributed by atoms with E-state index in [-0.39, 0.29) is 11.9 Å². The van der Waals surface area contributed by atoms with Crippen molar-refractivity contribution in [2.45, 2.75) is 38.1 Å². The normalized spacial score (nSPS) is 18.9. The summed E-state index contributed by atoms with van der Waals surface area (Å²) in [5.41, 5.74) is 1.68. The van der Waals surface area contributed by atoms with Gasteiger partial charge < -0.3 is 20.1 Å². The molecule has 1 saturated heterocycles. The van der Waals surface area contributed by atoms with Crippen LogP contribution in [-0.2, 0) is 0 Å². The van der Waals surface area contributed by atoms with Crippen LogP contribution < -0.4 is 5.32 Å². The van der Waals surface area contributed by atoms with Crippen LogP contribution in [0.3, 0.4) is 0 Å². The summed E-state index contributed by atoms with van der Waals surface area (Å²) in [7, 11) is 0. The number of para-hydroxylation sites is 1. The fourth-order valence-corrected chi connectivity index (χ4v) is 4.04. The van der Waals surface area contributed by atoms with Crippen LogP contribution in [0.25, 0.3) is 10.9 Å². The Hall–Kier alpha value is -2.50. The molecule has 3 amide bonds. The Morgan fingerprint density at radius 2 is 1.65 bits per heavy atom. The summed E-state index contributed by atoms with van der Waals surface area (Å²) < 4.78 is 0. The van der Waals surface area contributed by atoms with Crippen molar-refractivity contribution in [3.63, 3.8) is 0 Å². The van der Waals surface area contributed by atoms with Gasteiger partial charge in [0.25, 0.3) is 5.91 Å². The number of aromatic amines is 1. The van der Waals surface area contributed by atoms with Gasteiger partial charge in [-0.25, -0.2) is 4.79 Å². The number of rotatable bonds is 2. The Kier molecular flexibility index (Phi) is 4.82. The van der Waals surface area contributed by atoms with E-state index in [2.05, 4.69) is 10.3 Å². The zero-order valence-corrected chi connectivity index (χ0v) is 15.0. The number of carbonyl (C=O) groups excluding carboxylic acids is 2. The van der Waals surface area contributed by atoms with Gasteiger partial charge in [0.2, 0.25) is 0 Å². The Balaban J connectivity index is 1.34. The molecular formula is C20H26N4O2. The third-order valence-corrected chi connectivity index (χ3v) is 5.61. The number of H-pyrrole nitrogens is 1. The number of carbonyl (C=O) groups is 2. The first kappa shape index (κ1) is 16.9. The summed E-state index contributed by atoms with van der Waals surface area (Å²) in [6.45, 7) is 2.34. The average Bonchev–Trinajstić information content (AvgIpc) is 3.12. The van der Waals surface area contributed by atoms with Gasteiger partial charge >= 0.3 is 6.03 Å². The van der Waals surface area contributed by atoms with Crippen LogP contribution in [0, 0.1) is 0 Å². The fourth-order valence-electron chi connectivity index (χ4n) is 4.04. The highest BCUT2D eigenvalue weighted by atomic mass is 16.2. The quantitative estimate of drug-likeness (QED) is 0.871. The van der Waals surface area contributed by atoms with Crippen LogP contribution in [0.5, 0.6) is 0 Å². The van der Waals surface area contributed by atoms with Crippen molar-refractivity contribution in [1.82, 2.24) is 20.1 Å². The first-order valence-corrected chi connectivity index (χ1v) is 9.63. The van der Waals surface area contributed by atoms with Crippen LogP contribution in [0.15, 0.2) is 30.5 Å². The number of hydrogen-bond acceptors (Lipinski definition) is 2. The number of benzene rings is 1. The van der Waals surface area contributed by atoms with E-state index in [0.29, 0.717) is 37.8 Å². The van der Waals surface area contributed by atoms with Gasteiger partial charge in [-0.3, -0.25) is 4.79 Å². The minimum atomic E-state index is 0.0242. The van der Waals surface area contributed by atoms with Gasteiger partial charge in [0.05, 0.1) is 5.56 Å². The van der Waals surface area contributed by atoms with Gasteiger partial charge in [-0.05, 0) is 18.9 Å². The van der Waals surface area contributed by atoms with Crippen LogP contribution in [0.1, 0.15) is 42.5 Å². The maximum absolute atomic E-state index is 12.9. The van der Waals surface area contributed by atoms with Crippen LogP contribution in [-0.4, -0.2) is 58.9 Å². The van der Waals surface area contributed by atoms with Gasteiger partial charge in [-0.15, -0.1) is 0 Å². The number of hydrogen-bond donors (Lipinski definition) is 2. The second-order valence-corrected chi connectivity index (χ2v) is 7.31. The maximum atomic E-state index is 12.9. The lowest BCUT2D eigenvalue weighted by Crippen LogP contribution is -2.54. The highest BCUT2D eigenvalue weighted by Crippen LogP contribution is 2.21. The molecule has 138 valence electrons. The third kappa shape index (κ3) is 3.41. The van der Waals surface area contributed by atoms with Gasteiger partial charge in [-0.1, -0.05) is 37.5 Å². The molecule has 0 atom stereocenters. The fraction of sp³-hybridized carbons (Fsp3) is 0.500. The largest absolute Gasteiger partial charge is 0.360 e. The maximum Gasteiger partial charge on any atom is 0.317 e. The van der Waals surface area contributed by atoms with E-state index in [0.717, 1.165) is 23.7 Å². The smallest absolute Gasteiger partial charge is 0.317 e. The van der Waals surface area contributed by atoms with E-state index in [1.165, 1.54) is 19.3 Å². The number of nitrogens with one attached hydrogen (secondary N) is 2. The first-order chi connectivity index (χ1) is 12.7. The number of piperazine rings is 1. The second-order valence-electron chi connectivity index (χ2n) is 7.31. The van der Waals surface area contributed by atoms with Crippen molar-refractivity contribution in [1.29, 1.82) is 0 Å². The zero-order valence-electron chi connectivity index (χ0n) is 15.0. The molecule has 6 nitrogen and oxygen atoms in total. The number of fused-ring (bicyclic) bond motifs is 1. The first-order valence-electron chi connectivity index (χ1n) is 9.63. The molecule has 0 bridgehead atoms. The molecule has 2 fully saturated rings. The van der Waals surface area contributed by atoms with Crippen molar-refractivity contribution >= 4 is 22.8 Å². The van der Waals surface area contributed by atoms with E-state index in [4.69, 9.17) is 0 Å². The topological polar surface area (TPSA) is 68.4 Å². The van der Waals surface area contributed by atoms with E-state index in [1.807, 2.05) is 34.1 Å². The molecule has 2 aromatic rings. The summed E-state index contributed by atoms with van der Waals surface area (Å²) in [4.78, 5) is 32.2.